The van der Waals surface area contributed by atoms with Crippen LogP contribution in [-0.2, 0) is 6.54 Å². The summed E-state index contributed by atoms with van der Waals surface area (Å²) in [6, 6.07) is 19.3. The summed E-state index contributed by atoms with van der Waals surface area (Å²) in [6.07, 6.45) is 1.44. The predicted molar refractivity (Wildman–Crippen MR) is 101 cm³/mol. The predicted octanol–water partition coefficient (Wildman–Crippen LogP) is 3.92. The van der Waals surface area contributed by atoms with Gasteiger partial charge in [0.2, 0.25) is 0 Å². The Bertz CT molecular complexity index is 912. The highest BCUT2D eigenvalue weighted by Crippen LogP contribution is 2.11. The number of halogens is 1. The molecule has 0 unspecified atom stereocenters. The lowest BCUT2D eigenvalue weighted by Crippen LogP contribution is -2.23. The molecule has 1 heterocycles. The van der Waals surface area contributed by atoms with Crippen molar-refractivity contribution in [2.75, 3.05) is 5.32 Å². The van der Waals surface area contributed by atoms with E-state index in [0.717, 1.165) is 5.56 Å². The van der Waals surface area contributed by atoms with Gasteiger partial charge in [-0.05, 0) is 42.0 Å². The van der Waals surface area contributed by atoms with Crippen LogP contribution in [0.25, 0.3) is 0 Å². The number of aromatic nitrogens is 1. The Morgan fingerprint density at radius 1 is 0.923 bits per heavy atom. The highest BCUT2D eigenvalue weighted by molar-refractivity contribution is 6.30. The molecule has 2 amide bonds. The lowest BCUT2D eigenvalue weighted by molar-refractivity contribution is 0.0951. The fourth-order valence-electron chi connectivity index (χ4n) is 2.30. The number of amides is 2. The van der Waals surface area contributed by atoms with Crippen LogP contribution in [0, 0.1) is 0 Å². The highest BCUT2D eigenvalue weighted by Gasteiger charge is 2.12. The first kappa shape index (κ1) is 17.6. The first-order valence-corrected chi connectivity index (χ1v) is 8.35. The first-order valence-electron chi connectivity index (χ1n) is 7.97. The SMILES string of the molecule is O=C(NCc1ccc(Cl)cc1)c1ccnc(C(=O)Nc2ccccc2)c1. The van der Waals surface area contributed by atoms with Crippen molar-refractivity contribution in [1.82, 2.24) is 10.3 Å². The number of benzene rings is 2. The minimum atomic E-state index is -0.372. The number of carbonyl (C=O) groups is 2. The average molecular weight is 366 g/mol. The first-order chi connectivity index (χ1) is 12.6. The number of nitrogens with zero attached hydrogens (tertiary/aromatic N) is 1. The van der Waals surface area contributed by atoms with Gasteiger partial charge in [-0.2, -0.15) is 0 Å². The summed E-state index contributed by atoms with van der Waals surface area (Å²) in [5.41, 5.74) is 2.14. The van der Waals surface area contributed by atoms with Gasteiger partial charge in [0.05, 0.1) is 0 Å². The molecule has 3 aromatic rings. The fourth-order valence-corrected chi connectivity index (χ4v) is 2.43. The molecule has 1 aromatic heterocycles. The summed E-state index contributed by atoms with van der Waals surface area (Å²) in [5.74, 6) is -0.653. The lowest BCUT2D eigenvalue weighted by atomic mass is 10.2. The van der Waals surface area contributed by atoms with Gasteiger partial charge in [0.1, 0.15) is 5.69 Å². The topological polar surface area (TPSA) is 71.1 Å². The van der Waals surface area contributed by atoms with Gasteiger partial charge in [-0.1, -0.05) is 41.9 Å². The van der Waals surface area contributed by atoms with Gasteiger partial charge in [0.25, 0.3) is 11.8 Å². The Balaban J connectivity index is 1.65. The molecule has 5 nitrogen and oxygen atoms in total. The van der Waals surface area contributed by atoms with Crippen molar-refractivity contribution in [2.24, 2.45) is 0 Å². The van der Waals surface area contributed by atoms with Gasteiger partial charge in [-0.3, -0.25) is 14.6 Å². The van der Waals surface area contributed by atoms with E-state index in [1.54, 1.807) is 30.3 Å². The smallest absolute Gasteiger partial charge is 0.274 e. The van der Waals surface area contributed by atoms with Gasteiger partial charge in [-0.25, -0.2) is 0 Å². The summed E-state index contributed by atoms with van der Waals surface area (Å²) >= 11 is 5.84. The molecule has 0 bridgehead atoms. The molecule has 3 rings (SSSR count). The molecule has 2 N–H and O–H groups in total. The van der Waals surface area contributed by atoms with Crippen molar-refractivity contribution in [1.29, 1.82) is 0 Å². The van der Waals surface area contributed by atoms with Crippen LogP contribution in [0.4, 0.5) is 5.69 Å². The van der Waals surface area contributed by atoms with Crippen LogP contribution >= 0.6 is 11.6 Å². The second-order valence-corrected chi connectivity index (χ2v) is 6.00. The molecule has 0 aliphatic rings. The quantitative estimate of drug-likeness (QED) is 0.720. The van der Waals surface area contributed by atoms with Crippen molar-refractivity contribution in [2.45, 2.75) is 6.54 Å². The minimum absolute atomic E-state index is 0.174. The second kappa shape index (κ2) is 8.27. The van der Waals surface area contributed by atoms with Crippen molar-refractivity contribution in [3.8, 4) is 0 Å². The average Bonchev–Trinajstić information content (AvgIpc) is 2.68. The summed E-state index contributed by atoms with van der Waals surface area (Å²) < 4.78 is 0. The zero-order valence-electron chi connectivity index (χ0n) is 13.8. The largest absolute Gasteiger partial charge is 0.348 e. The van der Waals surface area contributed by atoms with Gasteiger partial charge in [-0.15, -0.1) is 0 Å². The number of rotatable bonds is 5. The molecular formula is C20H16ClN3O2. The summed E-state index contributed by atoms with van der Waals surface area (Å²) in [7, 11) is 0. The molecule has 6 heteroatoms. The molecule has 0 spiro atoms. The monoisotopic (exact) mass is 365 g/mol. The number of para-hydroxylation sites is 1. The van der Waals surface area contributed by atoms with Crippen LogP contribution in [0.2, 0.25) is 5.02 Å². The standard InChI is InChI=1S/C20H16ClN3O2/c21-16-8-6-14(7-9-16)13-23-19(25)15-10-11-22-18(12-15)20(26)24-17-4-2-1-3-5-17/h1-12H,13H2,(H,23,25)(H,24,26). The molecule has 2 aromatic carbocycles. The van der Waals surface area contributed by atoms with E-state index in [4.69, 9.17) is 11.6 Å². The number of anilines is 1. The van der Waals surface area contributed by atoms with Crippen LogP contribution < -0.4 is 10.6 Å². The molecule has 130 valence electrons. The molecule has 0 atom stereocenters. The van der Waals surface area contributed by atoms with E-state index in [1.165, 1.54) is 12.3 Å². The zero-order chi connectivity index (χ0) is 18.4. The van der Waals surface area contributed by atoms with Crippen LogP contribution in [0.5, 0.6) is 0 Å². The maximum atomic E-state index is 12.3. The number of hydrogen-bond donors (Lipinski definition) is 2. The van der Waals surface area contributed by atoms with Gasteiger partial charge >= 0.3 is 0 Å². The van der Waals surface area contributed by atoms with E-state index in [0.29, 0.717) is 22.8 Å². The van der Waals surface area contributed by atoms with E-state index in [2.05, 4.69) is 15.6 Å². The van der Waals surface area contributed by atoms with Crippen LogP contribution in [0.3, 0.4) is 0 Å². The Kier molecular flexibility index (Phi) is 5.61. The van der Waals surface area contributed by atoms with Gasteiger partial charge < -0.3 is 10.6 Å². The van der Waals surface area contributed by atoms with Crippen LogP contribution in [-0.4, -0.2) is 16.8 Å². The fraction of sp³-hybridized carbons (Fsp3) is 0.0500. The zero-order valence-corrected chi connectivity index (χ0v) is 14.5. The van der Waals surface area contributed by atoms with Crippen molar-refractivity contribution >= 4 is 29.1 Å². The number of carbonyl (C=O) groups excluding carboxylic acids is 2. The molecule has 0 saturated heterocycles. The van der Waals surface area contributed by atoms with E-state index in [1.807, 2.05) is 30.3 Å². The highest BCUT2D eigenvalue weighted by atomic mass is 35.5. The molecule has 0 radical (unpaired) electrons. The Hall–Kier alpha value is -3.18. The molecule has 0 aliphatic carbocycles. The lowest BCUT2D eigenvalue weighted by Gasteiger charge is -2.08. The molecule has 0 fully saturated rings. The summed E-state index contributed by atoms with van der Waals surface area (Å²) in [4.78, 5) is 28.6. The Morgan fingerprint density at radius 3 is 2.38 bits per heavy atom. The Labute approximate surface area is 156 Å². The maximum absolute atomic E-state index is 12.3. The third-order valence-corrected chi connectivity index (χ3v) is 3.90. The van der Waals surface area contributed by atoms with Gasteiger partial charge in [0, 0.05) is 29.0 Å². The van der Waals surface area contributed by atoms with Crippen molar-refractivity contribution < 1.29 is 9.59 Å². The number of pyridine rings is 1. The molecule has 0 saturated carbocycles. The summed E-state index contributed by atoms with van der Waals surface area (Å²) in [6.45, 7) is 0.365. The minimum Gasteiger partial charge on any atom is -0.348 e. The number of nitrogens with one attached hydrogen (secondary N) is 2. The normalized spacial score (nSPS) is 10.2. The number of hydrogen-bond acceptors (Lipinski definition) is 3. The Morgan fingerprint density at radius 2 is 1.65 bits per heavy atom. The van der Waals surface area contributed by atoms with Gasteiger partial charge in [0.15, 0.2) is 0 Å². The van der Waals surface area contributed by atoms with E-state index in [9.17, 15) is 9.59 Å². The third-order valence-electron chi connectivity index (χ3n) is 3.65. The van der Waals surface area contributed by atoms with Crippen molar-refractivity contribution in [3.05, 3.63) is 94.8 Å². The van der Waals surface area contributed by atoms with Crippen LogP contribution in [0.15, 0.2) is 72.9 Å². The molecule has 26 heavy (non-hydrogen) atoms. The van der Waals surface area contributed by atoms with Crippen molar-refractivity contribution in [3.63, 3.8) is 0 Å². The second-order valence-electron chi connectivity index (χ2n) is 5.56. The molecular weight excluding hydrogens is 350 g/mol. The van der Waals surface area contributed by atoms with E-state index < -0.39 is 0 Å². The molecule has 0 aliphatic heterocycles. The third kappa shape index (κ3) is 4.68. The van der Waals surface area contributed by atoms with E-state index in [-0.39, 0.29) is 17.5 Å². The van der Waals surface area contributed by atoms with Crippen LogP contribution in [0.1, 0.15) is 26.4 Å². The maximum Gasteiger partial charge on any atom is 0.274 e. The van der Waals surface area contributed by atoms with E-state index >= 15 is 0 Å². The summed E-state index contributed by atoms with van der Waals surface area (Å²) in [5, 5.41) is 6.19.